The van der Waals surface area contributed by atoms with Crippen LogP contribution in [-0.2, 0) is 24.8 Å². The van der Waals surface area contributed by atoms with Gasteiger partial charge in [-0.25, -0.2) is 9.97 Å². The number of fused-ring (bicyclic) bond motifs is 2. The molecule has 0 saturated carbocycles. The Kier molecular flexibility index (Phi) is 3.67. The number of hydrogen-bond acceptors (Lipinski definition) is 4. The van der Waals surface area contributed by atoms with E-state index >= 15 is 0 Å². The first-order valence-electron chi connectivity index (χ1n) is 8.36. The Balaban J connectivity index is 1.67. The smallest absolute Gasteiger partial charge is 0.225 e. The topological polar surface area (TPSA) is 60.3 Å². The van der Waals surface area contributed by atoms with Crippen molar-refractivity contribution in [3.05, 3.63) is 48.0 Å². The number of hydrogen-bond donors (Lipinski definition) is 0. The molecule has 0 fully saturated rings. The van der Waals surface area contributed by atoms with Crippen LogP contribution in [0.4, 0.5) is 0 Å². The van der Waals surface area contributed by atoms with Crippen LogP contribution in [0, 0.1) is 0 Å². The van der Waals surface area contributed by atoms with E-state index in [9.17, 15) is 4.79 Å². The number of carbonyl (C=O) groups is 1. The van der Waals surface area contributed by atoms with Gasteiger partial charge in [0.15, 0.2) is 0 Å². The number of rotatable bonds is 2. The molecule has 6 heteroatoms. The monoisotopic (exact) mass is 336 g/mol. The average Bonchev–Trinajstić information content (AvgIpc) is 2.95. The molecule has 0 N–H and O–H groups in total. The molecular weight excluding hydrogens is 316 g/mol. The molecule has 25 heavy (non-hydrogen) atoms. The number of nitrogens with zero attached hydrogens (tertiary/aromatic N) is 4. The molecule has 1 aromatic carbocycles. The van der Waals surface area contributed by atoms with Gasteiger partial charge >= 0.3 is 0 Å². The third-order valence-electron chi connectivity index (χ3n) is 4.82. The lowest BCUT2D eigenvalue weighted by molar-refractivity contribution is -0.132. The lowest BCUT2D eigenvalue weighted by Gasteiger charge is -2.33. The van der Waals surface area contributed by atoms with Crippen molar-refractivity contribution >= 4 is 16.8 Å². The highest BCUT2D eigenvalue weighted by molar-refractivity contribution is 5.81. The average molecular weight is 336 g/mol. The van der Waals surface area contributed by atoms with Gasteiger partial charge in [-0.3, -0.25) is 4.79 Å². The van der Waals surface area contributed by atoms with Crippen LogP contribution in [-0.4, -0.2) is 31.4 Å². The maximum absolute atomic E-state index is 11.8. The highest BCUT2D eigenvalue weighted by atomic mass is 16.5. The lowest BCUT2D eigenvalue weighted by atomic mass is 9.99. The van der Waals surface area contributed by atoms with Gasteiger partial charge in [-0.15, -0.1) is 0 Å². The van der Waals surface area contributed by atoms with E-state index < -0.39 is 0 Å². The van der Waals surface area contributed by atoms with Crippen LogP contribution in [0.3, 0.4) is 0 Å². The van der Waals surface area contributed by atoms with Crippen molar-refractivity contribution in [1.82, 2.24) is 19.4 Å². The molecule has 0 bridgehead atoms. The van der Waals surface area contributed by atoms with Gasteiger partial charge in [-0.2, -0.15) is 0 Å². The minimum atomic E-state index is 0.0637. The molecule has 1 atom stereocenters. The predicted octanol–water partition coefficient (Wildman–Crippen LogP) is 3.05. The number of carbonyl (C=O) groups excluding carboxylic acids is 1. The first-order chi connectivity index (χ1) is 12.0. The molecule has 0 radical (unpaired) electrons. The van der Waals surface area contributed by atoms with Crippen LogP contribution in [0.2, 0.25) is 0 Å². The zero-order chi connectivity index (χ0) is 17.6. The van der Waals surface area contributed by atoms with Crippen LogP contribution < -0.4 is 4.74 Å². The van der Waals surface area contributed by atoms with Crippen molar-refractivity contribution in [2.75, 3.05) is 0 Å². The first kappa shape index (κ1) is 15.6. The first-order valence-corrected chi connectivity index (χ1v) is 8.36. The highest BCUT2D eigenvalue weighted by Crippen LogP contribution is 2.32. The quantitative estimate of drug-likeness (QED) is 0.722. The fourth-order valence-corrected chi connectivity index (χ4v) is 3.44. The van der Waals surface area contributed by atoms with E-state index in [2.05, 4.69) is 20.6 Å². The minimum absolute atomic E-state index is 0.0637. The Morgan fingerprint density at radius 3 is 2.92 bits per heavy atom. The summed E-state index contributed by atoms with van der Waals surface area (Å²) < 4.78 is 8.15. The van der Waals surface area contributed by atoms with Gasteiger partial charge in [0.05, 0.1) is 12.2 Å². The summed E-state index contributed by atoms with van der Waals surface area (Å²) in [6.45, 7) is 4.13. The SMILES string of the molecule is CC(=O)N1Cc2ncnc(Oc3ccc4c(ccn4C)c3)c2C[C@@H]1C. The normalized spacial score (nSPS) is 16.8. The van der Waals surface area contributed by atoms with E-state index in [0.717, 1.165) is 27.9 Å². The highest BCUT2D eigenvalue weighted by Gasteiger charge is 2.28. The van der Waals surface area contributed by atoms with Gasteiger partial charge in [-0.05, 0) is 37.6 Å². The predicted molar refractivity (Wildman–Crippen MR) is 94.4 cm³/mol. The zero-order valence-electron chi connectivity index (χ0n) is 14.6. The van der Waals surface area contributed by atoms with E-state index in [0.29, 0.717) is 18.8 Å². The van der Waals surface area contributed by atoms with E-state index in [4.69, 9.17) is 4.74 Å². The van der Waals surface area contributed by atoms with Gasteiger partial charge in [0.2, 0.25) is 11.8 Å². The van der Waals surface area contributed by atoms with E-state index in [1.807, 2.05) is 43.3 Å². The second-order valence-corrected chi connectivity index (χ2v) is 6.55. The number of ether oxygens (including phenoxy) is 1. The third-order valence-corrected chi connectivity index (χ3v) is 4.82. The van der Waals surface area contributed by atoms with Crippen LogP contribution >= 0.6 is 0 Å². The second-order valence-electron chi connectivity index (χ2n) is 6.55. The summed E-state index contributed by atoms with van der Waals surface area (Å²) in [4.78, 5) is 22.3. The van der Waals surface area contributed by atoms with E-state index in [1.165, 1.54) is 6.33 Å². The summed E-state index contributed by atoms with van der Waals surface area (Å²) in [5, 5.41) is 1.12. The summed E-state index contributed by atoms with van der Waals surface area (Å²) in [6.07, 6.45) is 4.22. The Morgan fingerprint density at radius 2 is 2.12 bits per heavy atom. The zero-order valence-corrected chi connectivity index (χ0v) is 14.6. The number of amides is 1. The van der Waals surface area contributed by atoms with Crippen molar-refractivity contribution in [3.63, 3.8) is 0 Å². The van der Waals surface area contributed by atoms with Crippen LogP contribution in [0.15, 0.2) is 36.8 Å². The standard InChI is InChI=1S/C19H20N4O2/c1-12-8-16-17(10-23(12)13(2)24)20-11-21-19(16)25-15-4-5-18-14(9-15)6-7-22(18)3/h4-7,9,11-12H,8,10H2,1-3H3/t12-/m0/s1. The summed E-state index contributed by atoms with van der Waals surface area (Å²) in [7, 11) is 2.02. The maximum atomic E-state index is 11.8. The minimum Gasteiger partial charge on any atom is -0.439 e. The van der Waals surface area contributed by atoms with Gasteiger partial charge in [0.25, 0.3) is 0 Å². The number of aromatic nitrogens is 3. The van der Waals surface area contributed by atoms with Crippen LogP contribution in [0.1, 0.15) is 25.1 Å². The molecule has 0 unspecified atom stereocenters. The summed E-state index contributed by atoms with van der Waals surface area (Å²) in [5.74, 6) is 1.39. The molecule has 1 amide bonds. The summed E-state index contributed by atoms with van der Waals surface area (Å²) in [5.41, 5.74) is 3.00. The molecule has 3 heterocycles. The van der Waals surface area contributed by atoms with Gasteiger partial charge in [0, 0.05) is 42.7 Å². The number of benzene rings is 1. The summed E-state index contributed by atoms with van der Waals surface area (Å²) >= 11 is 0. The fraction of sp³-hybridized carbons (Fsp3) is 0.316. The largest absolute Gasteiger partial charge is 0.439 e. The van der Waals surface area contributed by atoms with Crippen molar-refractivity contribution in [2.45, 2.75) is 32.9 Å². The lowest BCUT2D eigenvalue weighted by Crippen LogP contribution is -2.41. The van der Waals surface area contributed by atoms with Crippen molar-refractivity contribution < 1.29 is 9.53 Å². The fourth-order valence-electron chi connectivity index (χ4n) is 3.44. The van der Waals surface area contributed by atoms with Crippen LogP contribution in [0.5, 0.6) is 11.6 Å². The van der Waals surface area contributed by atoms with E-state index in [-0.39, 0.29) is 11.9 Å². The Hall–Kier alpha value is -2.89. The molecule has 0 aliphatic carbocycles. The van der Waals surface area contributed by atoms with Crippen molar-refractivity contribution in [2.24, 2.45) is 7.05 Å². The van der Waals surface area contributed by atoms with Gasteiger partial charge in [0.1, 0.15) is 12.1 Å². The molecule has 1 aliphatic heterocycles. The summed E-state index contributed by atoms with van der Waals surface area (Å²) in [6, 6.07) is 8.17. The molecule has 6 nitrogen and oxygen atoms in total. The molecule has 0 spiro atoms. The molecular formula is C19H20N4O2. The van der Waals surface area contributed by atoms with Crippen LogP contribution in [0.25, 0.3) is 10.9 Å². The van der Waals surface area contributed by atoms with Crippen molar-refractivity contribution in [1.29, 1.82) is 0 Å². The third kappa shape index (κ3) is 2.73. The Bertz CT molecular complexity index is 963. The van der Waals surface area contributed by atoms with E-state index in [1.54, 1.807) is 6.92 Å². The maximum Gasteiger partial charge on any atom is 0.225 e. The molecule has 3 aromatic rings. The molecule has 128 valence electrons. The molecule has 0 saturated heterocycles. The van der Waals surface area contributed by atoms with Gasteiger partial charge < -0.3 is 14.2 Å². The second kappa shape index (κ2) is 5.88. The molecule has 1 aliphatic rings. The van der Waals surface area contributed by atoms with Gasteiger partial charge in [-0.1, -0.05) is 0 Å². The Labute approximate surface area is 146 Å². The molecule has 2 aromatic heterocycles. The van der Waals surface area contributed by atoms with Crippen molar-refractivity contribution in [3.8, 4) is 11.6 Å². The Morgan fingerprint density at radius 1 is 1.28 bits per heavy atom. The number of aryl methyl sites for hydroxylation is 1. The molecule has 4 rings (SSSR count).